The third-order valence-corrected chi connectivity index (χ3v) is 5.28. The van der Waals surface area contributed by atoms with E-state index < -0.39 is 0 Å². The molecule has 1 amide bonds. The van der Waals surface area contributed by atoms with Gasteiger partial charge in [0.25, 0.3) is 0 Å². The van der Waals surface area contributed by atoms with Crippen LogP contribution in [0.25, 0.3) is 0 Å². The Morgan fingerprint density at radius 2 is 2.00 bits per heavy atom. The summed E-state index contributed by atoms with van der Waals surface area (Å²) in [5.41, 5.74) is 0. The fourth-order valence-corrected chi connectivity index (χ4v) is 3.93. The molecule has 2 atom stereocenters. The minimum absolute atomic E-state index is 0.219. The number of amides is 1. The molecule has 23 heavy (non-hydrogen) atoms. The minimum Gasteiger partial charge on any atom is -0.392 e. The summed E-state index contributed by atoms with van der Waals surface area (Å²) in [5.74, 6) is 0.219. The van der Waals surface area contributed by atoms with Gasteiger partial charge in [-0.05, 0) is 26.2 Å². The normalized spacial score (nSPS) is 26.1. The van der Waals surface area contributed by atoms with Crippen molar-refractivity contribution in [1.29, 1.82) is 0 Å². The van der Waals surface area contributed by atoms with Crippen LogP contribution >= 0.6 is 0 Å². The summed E-state index contributed by atoms with van der Waals surface area (Å²) in [5, 5.41) is 12.8. The Morgan fingerprint density at radius 3 is 2.65 bits per heavy atom. The molecular formula is C18H35N3O2. The Bertz CT molecular complexity index is 356. The van der Waals surface area contributed by atoms with Gasteiger partial charge >= 0.3 is 0 Å². The Hall–Kier alpha value is -0.650. The number of hydrogen-bond acceptors (Lipinski definition) is 4. The number of rotatable bonds is 7. The van der Waals surface area contributed by atoms with Crippen LogP contribution < -0.4 is 5.32 Å². The molecule has 0 spiro atoms. The molecule has 0 bridgehead atoms. The quantitative estimate of drug-likeness (QED) is 0.746. The SMILES string of the molecule is CC[C@@H]1CN(CCC(=O)NC2CCCCC2)CCN1C[C@H](C)O. The highest BCUT2D eigenvalue weighted by Gasteiger charge is 2.26. The average Bonchev–Trinajstić information content (AvgIpc) is 2.54. The van der Waals surface area contributed by atoms with E-state index in [9.17, 15) is 9.90 Å². The van der Waals surface area contributed by atoms with E-state index in [2.05, 4.69) is 22.0 Å². The monoisotopic (exact) mass is 325 g/mol. The molecule has 1 heterocycles. The number of piperazine rings is 1. The van der Waals surface area contributed by atoms with Crippen LogP contribution in [-0.2, 0) is 4.79 Å². The lowest BCUT2D eigenvalue weighted by Crippen LogP contribution is -2.54. The summed E-state index contributed by atoms with van der Waals surface area (Å²) in [4.78, 5) is 16.9. The van der Waals surface area contributed by atoms with E-state index in [1.165, 1.54) is 19.3 Å². The van der Waals surface area contributed by atoms with E-state index in [0.29, 0.717) is 18.5 Å². The van der Waals surface area contributed by atoms with E-state index in [0.717, 1.165) is 52.0 Å². The highest BCUT2D eigenvalue weighted by molar-refractivity contribution is 5.76. The molecule has 0 aromatic rings. The first-order chi connectivity index (χ1) is 11.1. The predicted octanol–water partition coefficient (Wildman–Crippen LogP) is 1.60. The van der Waals surface area contributed by atoms with Crippen molar-refractivity contribution in [3.63, 3.8) is 0 Å². The van der Waals surface area contributed by atoms with Crippen molar-refractivity contribution in [2.45, 2.75) is 77.0 Å². The maximum Gasteiger partial charge on any atom is 0.221 e. The van der Waals surface area contributed by atoms with Crippen LogP contribution in [0.1, 0.15) is 58.8 Å². The Morgan fingerprint density at radius 1 is 1.26 bits per heavy atom. The number of β-amino-alcohol motifs (C(OH)–C–C–N with tert-alkyl or cyclic N) is 1. The summed E-state index contributed by atoms with van der Waals surface area (Å²) in [6, 6.07) is 0.919. The first-order valence-corrected chi connectivity index (χ1v) is 9.52. The van der Waals surface area contributed by atoms with Gasteiger partial charge in [-0.15, -0.1) is 0 Å². The maximum absolute atomic E-state index is 12.1. The lowest BCUT2D eigenvalue weighted by atomic mass is 9.95. The second-order valence-electron chi connectivity index (χ2n) is 7.36. The minimum atomic E-state index is -0.267. The van der Waals surface area contributed by atoms with Crippen LogP contribution in [0.2, 0.25) is 0 Å². The molecule has 5 heteroatoms. The van der Waals surface area contributed by atoms with Crippen LogP contribution in [0.3, 0.4) is 0 Å². The molecule has 2 N–H and O–H groups in total. The number of carbonyl (C=O) groups is 1. The molecule has 0 aromatic heterocycles. The van der Waals surface area contributed by atoms with Crippen LogP contribution in [0.4, 0.5) is 0 Å². The van der Waals surface area contributed by atoms with Gasteiger partial charge in [-0.3, -0.25) is 14.6 Å². The lowest BCUT2D eigenvalue weighted by molar-refractivity contribution is -0.122. The summed E-state index contributed by atoms with van der Waals surface area (Å²) in [6.07, 6.45) is 7.59. The number of carbonyl (C=O) groups excluding carboxylic acids is 1. The first kappa shape index (κ1) is 18.7. The van der Waals surface area contributed by atoms with Crippen molar-refractivity contribution in [2.24, 2.45) is 0 Å². The van der Waals surface area contributed by atoms with Gasteiger partial charge in [0, 0.05) is 51.2 Å². The molecule has 1 saturated heterocycles. The molecule has 2 fully saturated rings. The van der Waals surface area contributed by atoms with Crippen LogP contribution in [0.15, 0.2) is 0 Å². The topological polar surface area (TPSA) is 55.8 Å². The molecule has 0 radical (unpaired) electrons. The van der Waals surface area contributed by atoms with Crippen molar-refractivity contribution >= 4 is 5.91 Å². The summed E-state index contributed by atoms with van der Waals surface area (Å²) in [7, 11) is 0. The van der Waals surface area contributed by atoms with Crippen molar-refractivity contribution in [3.05, 3.63) is 0 Å². The second kappa shape index (κ2) is 9.60. The molecule has 1 aliphatic heterocycles. The maximum atomic E-state index is 12.1. The van der Waals surface area contributed by atoms with Gasteiger partial charge in [0.1, 0.15) is 0 Å². The number of aliphatic hydroxyl groups is 1. The van der Waals surface area contributed by atoms with Gasteiger partial charge in [-0.25, -0.2) is 0 Å². The molecular weight excluding hydrogens is 290 g/mol. The molecule has 5 nitrogen and oxygen atoms in total. The van der Waals surface area contributed by atoms with Crippen molar-refractivity contribution in [1.82, 2.24) is 15.1 Å². The highest BCUT2D eigenvalue weighted by atomic mass is 16.3. The van der Waals surface area contributed by atoms with Crippen LogP contribution in [0.5, 0.6) is 0 Å². The van der Waals surface area contributed by atoms with Gasteiger partial charge in [0.15, 0.2) is 0 Å². The van der Waals surface area contributed by atoms with E-state index in [1.807, 2.05) is 6.92 Å². The summed E-state index contributed by atoms with van der Waals surface area (Å²) >= 11 is 0. The van der Waals surface area contributed by atoms with Gasteiger partial charge < -0.3 is 10.4 Å². The zero-order valence-electron chi connectivity index (χ0n) is 15.0. The van der Waals surface area contributed by atoms with Crippen molar-refractivity contribution in [2.75, 3.05) is 32.7 Å². The van der Waals surface area contributed by atoms with E-state index >= 15 is 0 Å². The van der Waals surface area contributed by atoms with Crippen LogP contribution in [0, 0.1) is 0 Å². The second-order valence-corrected chi connectivity index (χ2v) is 7.36. The molecule has 1 saturated carbocycles. The van der Waals surface area contributed by atoms with Crippen molar-refractivity contribution < 1.29 is 9.90 Å². The summed E-state index contributed by atoms with van der Waals surface area (Å²) in [6.45, 7) is 8.69. The van der Waals surface area contributed by atoms with Gasteiger partial charge in [-0.1, -0.05) is 26.2 Å². The van der Waals surface area contributed by atoms with Gasteiger partial charge in [-0.2, -0.15) is 0 Å². The molecule has 0 aromatic carbocycles. The number of nitrogens with zero attached hydrogens (tertiary/aromatic N) is 2. The van der Waals surface area contributed by atoms with E-state index in [4.69, 9.17) is 0 Å². The van der Waals surface area contributed by atoms with E-state index in [-0.39, 0.29) is 12.0 Å². The Balaban J connectivity index is 1.68. The third kappa shape index (κ3) is 6.40. The molecule has 0 unspecified atom stereocenters. The Kier molecular flexibility index (Phi) is 7.80. The average molecular weight is 325 g/mol. The van der Waals surface area contributed by atoms with Gasteiger partial charge in [0.2, 0.25) is 5.91 Å². The number of aliphatic hydroxyl groups excluding tert-OH is 1. The largest absolute Gasteiger partial charge is 0.392 e. The smallest absolute Gasteiger partial charge is 0.221 e. The highest BCUT2D eigenvalue weighted by Crippen LogP contribution is 2.17. The molecule has 1 aliphatic carbocycles. The fraction of sp³-hybridized carbons (Fsp3) is 0.944. The van der Waals surface area contributed by atoms with Crippen molar-refractivity contribution in [3.8, 4) is 0 Å². The third-order valence-electron chi connectivity index (χ3n) is 5.28. The number of nitrogens with one attached hydrogen (secondary N) is 1. The number of hydrogen-bond donors (Lipinski definition) is 2. The van der Waals surface area contributed by atoms with E-state index in [1.54, 1.807) is 0 Å². The Labute approximate surface area is 141 Å². The van der Waals surface area contributed by atoms with Gasteiger partial charge in [0.05, 0.1) is 6.10 Å². The zero-order valence-corrected chi connectivity index (χ0v) is 15.0. The van der Waals surface area contributed by atoms with Crippen LogP contribution in [-0.4, -0.2) is 71.7 Å². The lowest BCUT2D eigenvalue weighted by Gasteiger charge is -2.41. The molecule has 2 aliphatic rings. The zero-order chi connectivity index (χ0) is 16.7. The molecule has 2 rings (SSSR count). The molecule has 134 valence electrons. The first-order valence-electron chi connectivity index (χ1n) is 9.52. The predicted molar refractivity (Wildman–Crippen MR) is 93.4 cm³/mol. The summed E-state index contributed by atoms with van der Waals surface area (Å²) < 4.78 is 0. The standard InChI is InChI=1S/C18H35N3O2/c1-3-17-14-20(11-12-21(17)13-15(2)22)10-9-18(23)19-16-7-5-4-6-8-16/h15-17,22H,3-14H2,1-2H3,(H,19,23)/t15-,17+/m0/s1. The fourth-order valence-electron chi connectivity index (χ4n) is 3.93.